The van der Waals surface area contributed by atoms with Gasteiger partial charge in [-0.25, -0.2) is 19.6 Å². The van der Waals surface area contributed by atoms with E-state index in [2.05, 4.69) is 132 Å². The normalized spacial score (nSPS) is 23.5. The van der Waals surface area contributed by atoms with Crippen LogP contribution >= 0.6 is 0 Å². The van der Waals surface area contributed by atoms with E-state index in [1.54, 1.807) is 12.1 Å². The van der Waals surface area contributed by atoms with Gasteiger partial charge in [0.1, 0.15) is 24.1 Å². The minimum absolute atomic E-state index is 0.0196. The second kappa shape index (κ2) is 42.3. The number of epoxide rings is 3. The summed E-state index contributed by atoms with van der Waals surface area (Å²) in [6.45, 7) is 50.0. The molecule has 0 aromatic heterocycles. The molecule has 7 heterocycles. The fraction of sp³-hybridized carbons (Fsp3) is 0.532. The molecule has 0 radical (unpaired) electrons. The summed E-state index contributed by atoms with van der Waals surface area (Å²) in [4.78, 5) is 128. The monoisotopic (exact) mass is 1760 g/mol. The van der Waals surface area contributed by atoms with Crippen molar-refractivity contribution in [3.63, 3.8) is 0 Å². The Morgan fingerprint density at radius 3 is 1.12 bits per heavy atom. The third-order valence-electron chi connectivity index (χ3n) is 27.5. The Morgan fingerprint density at radius 1 is 0.395 bits per heavy atom. The second-order valence-corrected chi connectivity index (χ2v) is 40.9. The van der Waals surface area contributed by atoms with Crippen LogP contribution in [0.2, 0.25) is 0 Å². The van der Waals surface area contributed by atoms with Crippen LogP contribution in [-0.4, -0.2) is 131 Å². The number of aryl methyl sites for hydroxylation is 5. The fourth-order valence-corrected chi connectivity index (χ4v) is 19.5. The number of nitrogens with zero attached hydrogens (tertiary/aromatic N) is 4. The summed E-state index contributed by atoms with van der Waals surface area (Å²) in [5.74, 6) is -4.32. The van der Waals surface area contributed by atoms with Gasteiger partial charge >= 0.3 is 5.97 Å². The molecule has 0 saturated carbocycles. The molecular formula is C109H140N4O16. The number of carbonyl (C=O) groups is 9. The average molecular weight is 1760 g/mol. The van der Waals surface area contributed by atoms with E-state index in [-0.39, 0.29) is 142 Å². The predicted molar refractivity (Wildman–Crippen MR) is 506 cm³/mol. The largest absolute Gasteiger partial charge is 0.427 e. The smallest absolute Gasteiger partial charge is 0.308 e. The number of rotatable bonds is 35. The Balaban J connectivity index is 0.000000178. The fourth-order valence-electron chi connectivity index (χ4n) is 19.5. The first kappa shape index (κ1) is 98.4. The summed E-state index contributed by atoms with van der Waals surface area (Å²) >= 11 is 0. The van der Waals surface area contributed by atoms with Crippen molar-refractivity contribution in [2.24, 2.45) is 65.1 Å². The van der Waals surface area contributed by atoms with Gasteiger partial charge in [-0.15, -0.1) is 0 Å². The maximum absolute atomic E-state index is 14.4. The molecule has 17 atom stereocenters. The molecule has 20 nitrogen and oxygen atoms in total. The molecule has 0 bridgehead atoms. The van der Waals surface area contributed by atoms with Crippen molar-refractivity contribution in [1.82, 2.24) is 0 Å². The van der Waals surface area contributed by atoms with Crippen molar-refractivity contribution in [2.75, 3.05) is 79.1 Å². The van der Waals surface area contributed by atoms with Gasteiger partial charge < -0.3 is 33.2 Å². The van der Waals surface area contributed by atoms with E-state index in [9.17, 15) is 43.2 Å². The molecule has 7 saturated heterocycles. The Morgan fingerprint density at radius 2 is 0.744 bits per heavy atom. The van der Waals surface area contributed by atoms with E-state index < -0.39 is 35.5 Å². The topological polar surface area (TPSA) is 241 Å². The van der Waals surface area contributed by atoms with E-state index in [0.717, 1.165) is 81.8 Å². The van der Waals surface area contributed by atoms with Crippen LogP contribution in [0.15, 0.2) is 152 Å². The summed E-state index contributed by atoms with van der Waals surface area (Å²) in [5, 5.41) is 0. The third kappa shape index (κ3) is 24.0. The molecule has 7 aliphatic rings. The molecule has 17 unspecified atom stereocenters. The summed E-state index contributed by atoms with van der Waals surface area (Å²) in [5.41, 5.74) is 15.5. The van der Waals surface area contributed by atoms with Gasteiger partial charge in [-0.3, -0.25) is 43.2 Å². The highest BCUT2D eigenvalue weighted by molar-refractivity contribution is 6.25. The molecule has 0 aliphatic carbocycles. The van der Waals surface area contributed by atoms with Crippen molar-refractivity contribution in [1.29, 1.82) is 0 Å². The molecule has 692 valence electrons. The van der Waals surface area contributed by atoms with Crippen molar-refractivity contribution in [3.05, 3.63) is 218 Å². The lowest BCUT2D eigenvalue weighted by Crippen LogP contribution is -2.35. The van der Waals surface area contributed by atoms with Gasteiger partial charge in [-0.2, -0.15) is 0 Å². The Labute approximate surface area is 765 Å². The number of benzene rings is 7. The van der Waals surface area contributed by atoms with E-state index in [1.165, 1.54) is 43.2 Å². The van der Waals surface area contributed by atoms with Crippen LogP contribution in [0.25, 0.3) is 0 Å². The first-order valence-electron chi connectivity index (χ1n) is 47.0. The number of hydrogen-bond acceptors (Lipinski definition) is 16. The highest BCUT2D eigenvalue weighted by Gasteiger charge is 2.54. The molecular weight excluding hydrogens is 1620 g/mol. The minimum atomic E-state index is -0.614. The highest BCUT2D eigenvalue weighted by Crippen LogP contribution is 2.49. The maximum atomic E-state index is 14.4. The first-order valence-corrected chi connectivity index (χ1v) is 47.0. The molecule has 7 aromatic rings. The van der Waals surface area contributed by atoms with E-state index >= 15 is 0 Å². The van der Waals surface area contributed by atoms with Crippen LogP contribution < -0.4 is 24.3 Å². The average Bonchev–Trinajstić information content (AvgIpc) is 1.59. The van der Waals surface area contributed by atoms with Crippen LogP contribution in [-0.2, 0) is 82.4 Å². The van der Waals surface area contributed by atoms with Crippen molar-refractivity contribution in [3.8, 4) is 5.75 Å². The zero-order chi connectivity index (χ0) is 93.5. The zero-order valence-electron chi connectivity index (χ0n) is 80.3. The molecule has 0 N–H and O–H groups in total. The molecule has 8 amide bonds. The SMILES string of the molecule is CC(=O)Oc1ccc(C(CC(C)COCC2CO2)CC2C(=O)N(c3c(C(C)C)cccc3C(C)C)C(=O)C2C)cc1.Cc1ccc(N2C(=O)C(C)C(C(COCC3CO3)CC(CC3C(=O)N(c4ccccc4C)C(=O)C3C)c3ccc(C(C)(C)C)cc3)C2=O)c(C)c1.Cc1ccc(N2C(=O)C(C)C(CC(CC(C)COCC3CO3)c3ccc(C(C)(C)C)cc3)C2=O)c(C)c1. The van der Waals surface area contributed by atoms with Crippen molar-refractivity contribution >= 4 is 76.0 Å². The minimum Gasteiger partial charge on any atom is -0.427 e. The number of para-hydroxylation sites is 2. The van der Waals surface area contributed by atoms with Gasteiger partial charge in [-0.1, -0.05) is 243 Å². The first-order chi connectivity index (χ1) is 61.1. The number of anilines is 4. The van der Waals surface area contributed by atoms with E-state index in [4.69, 9.17) is 33.2 Å². The van der Waals surface area contributed by atoms with Gasteiger partial charge in [-0.05, 0) is 217 Å². The van der Waals surface area contributed by atoms with Crippen LogP contribution in [0.1, 0.15) is 253 Å². The number of ether oxygens (including phenoxy) is 7. The third-order valence-corrected chi connectivity index (χ3v) is 27.5. The van der Waals surface area contributed by atoms with Crippen molar-refractivity contribution < 1.29 is 76.3 Å². The Kier molecular flexibility index (Phi) is 32.2. The van der Waals surface area contributed by atoms with Gasteiger partial charge in [0.25, 0.3) is 0 Å². The number of imide groups is 4. The van der Waals surface area contributed by atoms with Gasteiger partial charge in [0.15, 0.2) is 0 Å². The van der Waals surface area contributed by atoms with Crippen molar-refractivity contribution in [2.45, 2.75) is 250 Å². The molecule has 20 heteroatoms. The van der Waals surface area contributed by atoms with E-state index in [0.29, 0.717) is 94.1 Å². The highest BCUT2D eigenvalue weighted by atomic mass is 16.6. The molecule has 7 fully saturated rings. The molecule has 14 rings (SSSR count). The number of hydrogen-bond donors (Lipinski definition) is 0. The van der Waals surface area contributed by atoms with E-state index in [1.807, 2.05) is 153 Å². The standard InChI is InChI=1S/C43H52N2O6.C34H45NO6.C32H43NO4/c1-25-13-18-37(27(3)19-25)45-40(47)29(5)38(42(45)49)32(22-50-23-34-24-51-34)20-31(30-14-16-33(17-15-30)43(6,7)8)21-35-28(4)39(46)44(41(35)48)36-12-10-9-11-26(36)2;1-20(2)29-9-8-10-30(21(3)4)32(29)35-33(37)23(6)31(34(35)38)16-26(15-22(5)17-39-18-28-19-40-28)25-11-13-27(14-12-25)41-24(7)36;1-20-8-13-29(22(3)14-20)33-30(34)23(4)28(31(33)35)16-25(15-21(2)17-36-18-27-19-37-27)24-9-11-26(12-10-24)32(5,6)7/h9-19,28-29,31-32,34-35,38H,20-24H2,1-8H3;8-14,20-23,26,28,31H,15-19H2,1-7H3;8-14,21,23,25,27-28H,15-19H2,1-7H3. The summed E-state index contributed by atoms with van der Waals surface area (Å²) in [6.07, 6.45) is 4.34. The van der Waals surface area contributed by atoms with Gasteiger partial charge in [0.05, 0.1) is 92.7 Å². The van der Waals surface area contributed by atoms with Crippen LogP contribution in [0.4, 0.5) is 22.7 Å². The van der Waals surface area contributed by atoms with Gasteiger partial charge in [0, 0.05) is 43.8 Å². The van der Waals surface area contributed by atoms with Crippen LogP contribution in [0.5, 0.6) is 5.75 Å². The summed E-state index contributed by atoms with van der Waals surface area (Å²) in [6, 6.07) is 50.1. The molecule has 0 spiro atoms. The zero-order valence-corrected chi connectivity index (χ0v) is 80.3. The van der Waals surface area contributed by atoms with Crippen LogP contribution in [0, 0.1) is 99.7 Å². The number of amides is 8. The number of esters is 1. The maximum Gasteiger partial charge on any atom is 0.308 e. The Hall–Kier alpha value is -9.67. The Bertz CT molecular complexity index is 5120. The second-order valence-electron chi connectivity index (χ2n) is 40.9. The molecule has 129 heavy (non-hydrogen) atoms. The quantitative estimate of drug-likeness (QED) is 0.0155. The van der Waals surface area contributed by atoms with Crippen LogP contribution in [0.3, 0.4) is 0 Å². The lowest BCUT2D eigenvalue weighted by molar-refractivity contribution is -0.132. The summed E-state index contributed by atoms with van der Waals surface area (Å²) < 4.78 is 39.2. The molecule has 7 aliphatic heterocycles. The lowest BCUT2D eigenvalue weighted by atomic mass is 9.74. The lowest BCUT2D eigenvalue weighted by Gasteiger charge is -2.31. The number of carbonyl (C=O) groups excluding carboxylic acids is 9. The predicted octanol–water partition coefficient (Wildman–Crippen LogP) is 20.4. The molecule has 7 aromatic carbocycles. The van der Waals surface area contributed by atoms with Gasteiger partial charge in [0.2, 0.25) is 47.3 Å². The summed E-state index contributed by atoms with van der Waals surface area (Å²) in [7, 11) is 0.